The van der Waals surface area contributed by atoms with Crippen LogP contribution in [0.4, 0.5) is 5.69 Å². The molecule has 4 rings (SSSR count). The van der Waals surface area contributed by atoms with Crippen molar-refractivity contribution in [1.29, 1.82) is 0 Å². The molecule has 3 nitrogen and oxygen atoms in total. The second kappa shape index (κ2) is 10.6. The average molecular weight is 496 g/mol. The zero-order valence-electron chi connectivity index (χ0n) is 23.2. The summed E-state index contributed by atoms with van der Waals surface area (Å²) in [5, 5.41) is 12.3. The lowest BCUT2D eigenvalue weighted by Gasteiger charge is -2.22. The first-order valence-corrected chi connectivity index (χ1v) is 13.6. The topological polar surface area (TPSA) is 49.3 Å². The summed E-state index contributed by atoms with van der Waals surface area (Å²) in [6.07, 6.45) is 8.20. The van der Waals surface area contributed by atoms with E-state index in [2.05, 4.69) is 65.1 Å². The highest BCUT2D eigenvalue weighted by molar-refractivity contribution is 6.04. The van der Waals surface area contributed by atoms with E-state index in [4.69, 9.17) is 0 Å². The van der Waals surface area contributed by atoms with Crippen LogP contribution in [0.2, 0.25) is 0 Å². The third-order valence-electron chi connectivity index (χ3n) is 7.74. The summed E-state index contributed by atoms with van der Waals surface area (Å²) in [6.45, 7) is 14.0. The van der Waals surface area contributed by atoms with E-state index in [1.54, 1.807) is 24.3 Å². The molecule has 2 N–H and O–H groups in total. The number of aromatic hydroxyl groups is 1. The van der Waals surface area contributed by atoms with Crippen molar-refractivity contribution < 1.29 is 9.90 Å². The molecule has 194 valence electrons. The average Bonchev–Trinajstić information content (AvgIpc) is 3.03. The number of phenolic OH excluding ortho intramolecular Hbond substituents is 1. The highest BCUT2D eigenvalue weighted by Crippen LogP contribution is 2.50. The Bertz CT molecular complexity index is 1290. The summed E-state index contributed by atoms with van der Waals surface area (Å²) in [7, 11) is 0. The molecule has 3 aromatic carbocycles. The van der Waals surface area contributed by atoms with Crippen LogP contribution in [0.25, 0.3) is 11.6 Å². The van der Waals surface area contributed by atoms with Crippen molar-refractivity contribution in [1.82, 2.24) is 0 Å². The van der Waals surface area contributed by atoms with Crippen molar-refractivity contribution in [2.75, 3.05) is 5.32 Å². The number of hydrogen-bond donors (Lipinski definition) is 2. The highest BCUT2D eigenvalue weighted by Gasteiger charge is 2.42. The molecule has 0 fully saturated rings. The maximum absolute atomic E-state index is 12.7. The van der Waals surface area contributed by atoms with E-state index < -0.39 is 0 Å². The van der Waals surface area contributed by atoms with Crippen LogP contribution >= 0.6 is 0 Å². The van der Waals surface area contributed by atoms with Gasteiger partial charge in [0, 0.05) is 11.3 Å². The molecule has 0 atom stereocenters. The lowest BCUT2D eigenvalue weighted by atomic mass is 9.82. The maximum Gasteiger partial charge on any atom is 0.255 e. The Morgan fingerprint density at radius 2 is 1.54 bits per heavy atom. The van der Waals surface area contributed by atoms with Gasteiger partial charge in [0.1, 0.15) is 5.75 Å². The fourth-order valence-corrected chi connectivity index (χ4v) is 6.01. The van der Waals surface area contributed by atoms with Crippen molar-refractivity contribution in [3.05, 3.63) is 94.0 Å². The zero-order valence-corrected chi connectivity index (χ0v) is 23.2. The van der Waals surface area contributed by atoms with Crippen LogP contribution in [0.5, 0.6) is 5.75 Å². The number of fused-ring (bicyclic) bond motifs is 1. The summed E-state index contributed by atoms with van der Waals surface area (Å²) in [6, 6.07) is 19.2. The lowest BCUT2D eigenvalue weighted by molar-refractivity contribution is 0.102. The molecular formula is C34H41NO2. The number of carbonyl (C=O) groups excluding carboxylic acids is 1. The van der Waals surface area contributed by atoms with Gasteiger partial charge in [-0.3, -0.25) is 4.79 Å². The summed E-state index contributed by atoms with van der Waals surface area (Å²) in [5.74, 6) is 0.00768. The monoisotopic (exact) mass is 495 g/mol. The number of unbranched alkanes of at least 4 members (excludes halogenated alkanes) is 2. The predicted octanol–water partition coefficient (Wildman–Crippen LogP) is 8.90. The number of rotatable bonds is 8. The number of carbonyl (C=O) groups is 1. The molecule has 0 heterocycles. The van der Waals surface area contributed by atoms with Gasteiger partial charge in [-0.15, -0.1) is 0 Å². The van der Waals surface area contributed by atoms with Gasteiger partial charge in [0.25, 0.3) is 5.91 Å². The fraction of sp³-hybridized carbons (Fsp3) is 0.382. The van der Waals surface area contributed by atoms with Crippen LogP contribution in [-0.4, -0.2) is 11.0 Å². The van der Waals surface area contributed by atoms with Crippen LogP contribution in [0, 0.1) is 0 Å². The molecule has 0 bridgehead atoms. The Labute approximate surface area is 222 Å². The highest BCUT2D eigenvalue weighted by atomic mass is 16.3. The third-order valence-corrected chi connectivity index (χ3v) is 7.74. The molecule has 0 aliphatic heterocycles. The molecule has 0 aromatic heterocycles. The van der Waals surface area contributed by atoms with Crippen molar-refractivity contribution in [2.24, 2.45) is 0 Å². The first-order valence-electron chi connectivity index (χ1n) is 13.6. The lowest BCUT2D eigenvalue weighted by Crippen LogP contribution is -2.18. The Kier molecular flexibility index (Phi) is 7.64. The Balaban J connectivity index is 1.61. The Hall–Kier alpha value is -3.33. The number of anilines is 1. The van der Waals surface area contributed by atoms with Crippen molar-refractivity contribution >= 4 is 23.2 Å². The molecule has 0 saturated heterocycles. The first kappa shape index (κ1) is 26.7. The Morgan fingerprint density at radius 1 is 0.919 bits per heavy atom. The minimum atomic E-state index is -0.167. The van der Waals surface area contributed by atoms with Gasteiger partial charge in [-0.05, 0) is 107 Å². The first-order chi connectivity index (χ1) is 17.5. The van der Waals surface area contributed by atoms with Crippen LogP contribution in [0.1, 0.15) is 105 Å². The zero-order chi connectivity index (χ0) is 26.8. The molecule has 3 heteroatoms. The van der Waals surface area contributed by atoms with E-state index in [0.717, 1.165) is 12.0 Å². The number of amides is 1. The Morgan fingerprint density at radius 3 is 2.16 bits per heavy atom. The van der Waals surface area contributed by atoms with Crippen LogP contribution in [0.3, 0.4) is 0 Å². The molecule has 1 amide bonds. The van der Waals surface area contributed by atoms with Gasteiger partial charge >= 0.3 is 0 Å². The van der Waals surface area contributed by atoms with Gasteiger partial charge < -0.3 is 10.4 Å². The number of nitrogens with one attached hydrogen (secondary N) is 1. The number of phenols is 1. The quantitative estimate of drug-likeness (QED) is 0.186. The van der Waals surface area contributed by atoms with Gasteiger partial charge in [0.05, 0.1) is 0 Å². The molecule has 0 unspecified atom stereocenters. The van der Waals surface area contributed by atoms with Crippen molar-refractivity contribution in [3.63, 3.8) is 0 Å². The molecular weight excluding hydrogens is 454 g/mol. The molecule has 0 saturated carbocycles. The second-order valence-electron chi connectivity index (χ2n) is 11.9. The van der Waals surface area contributed by atoms with Crippen LogP contribution < -0.4 is 5.32 Å². The van der Waals surface area contributed by atoms with Crippen molar-refractivity contribution in [2.45, 2.75) is 84.5 Å². The van der Waals surface area contributed by atoms with Crippen LogP contribution in [0.15, 0.2) is 60.7 Å². The van der Waals surface area contributed by atoms with E-state index in [1.165, 1.54) is 53.5 Å². The van der Waals surface area contributed by atoms with Gasteiger partial charge in [0.15, 0.2) is 0 Å². The van der Waals surface area contributed by atoms with E-state index >= 15 is 0 Å². The van der Waals surface area contributed by atoms with Crippen LogP contribution in [-0.2, 0) is 17.3 Å². The van der Waals surface area contributed by atoms with Crippen molar-refractivity contribution in [3.8, 4) is 5.75 Å². The van der Waals surface area contributed by atoms with Gasteiger partial charge in [-0.2, -0.15) is 0 Å². The smallest absolute Gasteiger partial charge is 0.255 e. The van der Waals surface area contributed by atoms with Gasteiger partial charge in [-0.1, -0.05) is 77.8 Å². The fourth-order valence-electron chi connectivity index (χ4n) is 6.01. The molecule has 1 aliphatic rings. The second-order valence-corrected chi connectivity index (χ2v) is 11.9. The molecule has 37 heavy (non-hydrogen) atoms. The normalized spacial score (nSPS) is 15.9. The van der Waals surface area contributed by atoms with Gasteiger partial charge in [0.2, 0.25) is 0 Å². The summed E-state index contributed by atoms with van der Waals surface area (Å²) >= 11 is 0. The standard InChI is InChI=1S/C34H41NO2/c1-7-8-9-10-26-20-30-31(34(5,6)22-33(30,3)4)21-29(26)23(2)19-24-11-13-25(14-12-24)32(37)35-27-15-17-28(36)18-16-27/h11-21,36H,7-10,22H2,1-6H3,(H,35,37). The number of hydrogen-bond acceptors (Lipinski definition) is 2. The molecule has 1 aliphatic carbocycles. The summed E-state index contributed by atoms with van der Waals surface area (Å²) in [4.78, 5) is 12.7. The number of benzene rings is 3. The number of aryl methyl sites for hydroxylation is 1. The maximum atomic E-state index is 12.7. The minimum absolute atomic E-state index is 0.167. The largest absolute Gasteiger partial charge is 0.508 e. The predicted molar refractivity (Wildman–Crippen MR) is 156 cm³/mol. The van der Waals surface area contributed by atoms with Gasteiger partial charge in [-0.25, -0.2) is 0 Å². The van der Waals surface area contributed by atoms with E-state index in [-0.39, 0.29) is 22.5 Å². The molecule has 0 spiro atoms. The summed E-state index contributed by atoms with van der Waals surface area (Å²) in [5.41, 5.74) is 9.78. The molecule has 0 radical (unpaired) electrons. The SMILES string of the molecule is CCCCCc1cc2c(cc1C(C)=Cc1ccc(C(=O)Nc3ccc(O)cc3)cc1)C(C)(C)CC2(C)C. The summed E-state index contributed by atoms with van der Waals surface area (Å²) < 4.78 is 0. The van der Waals surface area contributed by atoms with E-state index in [9.17, 15) is 9.90 Å². The third kappa shape index (κ3) is 5.98. The minimum Gasteiger partial charge on any atom is -0.508 e. The number of allylic oxidation sites excluding steroid dienone is 1. The molecule has 3 aromatic rings. The van der Waals surface area contributed by atoms with E-state index in [1.807, 2.05) is 24.3 Å². The van der Waals surface area contributed by atoms with E-state index in [0.29, 0.717) is 11.3 Å².